The van der Waals surface area contributed by atoms with Crippen molar-refractivity contribution in [2.45, 2.75) is 6.92 Å². The molecule has 0 amide bonds. The molecule has 0 saturated carbocycles. The molecule has 72 valence electrons. The Kier molecular flexibility index (Phi) is 1.65. The number of fused-ring (bicyclic) bond motifs is 3. The van der Waals surface area contributed by atoms with E-state index in [0.29, 0.717) is 0 Å². The first-order valence-corrected chi connectivity index (χ1v) is 4.82. The Labute approximate surface area is 86.8 Å². The Morgan fingerprint density at radius 1 is 0.867 bits per heavy atom. The van der Waals surface area contributed by atoms with Crippen molar-refractivity contribution < 1.29 is 0 Å². The highest BCUT2D eigenvalue weighted by atomic mass is 15.1. The summed E-state index contributed by atoms with van der Waals surface area (Å²) >= 11 is 0. The molecule has 2 aromatic heterocycles. The van der Waals surface area contributed by atoms with Crippen LogP contribution in [0.2, 0.25) is 0 Å². The van der Waals surface area contributed by atoms with Crippen LogP contribution in [0.3, 0.4) is 0 Å². The molecule has 0 bridgehead atoms. The van der Waals surface area contributed by atoms with Gasteiger partial charge in [-0.2, -0.15) is 10.2 Å². The molecule has 1 aromatic carbocycles. The molecule has 0 unspecified atom stereocenters. The third kappa shape index (κ3) is 1.16. The number of aromatic nitrogens is 3. The van der Waals surface area contributed by atoms with E-state index in [1.54, 1.807) is 12.4 Å². The summed E-state index contributed by atoms with van der Waals surface area (Å²) in [6.07, 6.45) is 3.57. The number of nitrogens with zero attached hydrogens (tertiary/aromatic N) is 3. The topological polar surface area (TPSA) is 38.7 Å². The van der Waals surface area contributed by atoms with E-state index in [-0.39, 0.29) is 0 Å². The van der Waals surface area contributed by atoms with Crippen molar-refractivity contribution in [2.75, 3.05) is 0 Å². The maximum atomic E-state index is 4.54. The lowest BCUT2D eigenvalue weighted by Gasteiger charge is -2.04. The summed E-state index contributed by atoms with van der Waals surface area (Å²) in [6, 6.07) is 8.09. The van der Waals surface area contributed by atoms with Crippen LogP contribution in [0.15, 0.2) is 36.7 Å². The van der Waals surface area contributed by atoms with Crippen molar-refractivity contribution in [1.29, 1.82) is 0 Å². The minimum Gasteiger partial charge on any atom is -0.252 e. The van der Waals surface area contributed by atoms with Crippen molar-refractivity contribution in [3.63, 3.8) is 0 Å². The quantitative estimate of drug-likeness (QED) is 0.517. The van der Waals surface area contributed by atoms with E-state index >= 15 is 0 Å². The molecule has 3 nitrogen and oxygen atoms in total. The number of pyridine rings is 1. The monoisotopic (exact) mass is 195 g/mol. The second-order valence-corrected chi connectivity index (χ2v) is 3.53. The Balaban J connectivity index is 2.64. The number of hydrogen-bond acceptors (Lipinski definition) is 3. The van der Waals surface area contributed by atoms with Crippen LogP contribution in [-0.4, -0.2) is 15.2 Å². The SMILES string of the molecule is Cc1nc2ccccc2c2cnncc12. The second-order valence-electron chi connectivity index (χ2n) is 3.53. The van der Waals surface area contributed by atoms with E-state index in [2.05, 4.69) is 21.2 Å². The Morgan fingerprint density at radius 2 is 1.60 bits per heavy atom. The van der Waals surface area contributed by atoms with Gasteiger partial charge in [-0.05, 0) is 13.0 Å². The van der Waals surface area contributed by atoms with Crippen LogP contribution < -0.4 is 0 Å². The first-order valence-electron chi connectivity index (χ1n) is 4.82. The minimum absolute atomic E-state index is 0.999. The molecular formula is C12H9N3. The number of aryl methyl sites for hydroxylation is 1. The molecule has 0 aliphatic carbocycles. The van der Waals surface area contributed by atoms with Crippen molar-refractivity contribution in [3.8, 4) is 0 Å². The zero-order valence-corrected chi connectivity index (χ0v) is 8.31. The summed E-state index contributed by atoms with van der Waals surface area (Å²) in [5.74, 6) is 0. The second kappa shape index (κ2) is 2.98. The maximum absolute atomic E-state index is 4.54. The maximum Gasteiger partial charge on any atom is 0.0712 e. The Hall–Kier alpha value is -2.03. The van der Waals surface area contributed by atoms with Gasteiger partial charge in [0, 0.05) is 21.9 Å². The molecule has 3 aromatic rings. The van der Waals surface area contributed by atoms with E-state index in [0.717, 1.165) is 27.4 Å². The fourth-order valence-electron chi connectivity index (χ4n) is 1.86. The predicted octanol–water partition coefficient (Wildman–Crippen LogP) is 2.49. The average Bonchev–Trinajstić information content (AvgIpc) is 2.30. The van der Waals surface area contributed by atoms with Gasteiger partial charge in [-0.15, -0.1) is 0 Å². The van der Waals surface area contributed by atoms with E-state index in [1.807, 2.05) is 25.1 Å². The Morgan fingerprint density at radius 3 is 2.47 bits per heavy atom. The van der Waals surface area contributed by atoms with Crippen LogP contribution in [0.5, 0.6) is 0 Å². The van der Waals surface area contributed by atoms with E-state index < -0.39 is 0 Å². The molecule has 15 heavy (non-hydrogen) atoms. The summed E-state index contributed by atoms with van der Waals surface area (Å²) in [4.78, 5) is 4.54. The first kappa shape index (κ1) is 8.29. The number of benzene rings is 1. The van der Waals surface area contributed by atoms with Gasteiger partial charge in [0.15, 0.2) is 0 Å². The van der Waals surface area contributed by atoms with Gasteiger partial charge in [-0.1, -0.05) is 18.2 Å². The van der Waals surface area contributed by atoms with E-state index in [4.69, 9.17) is 0 Å². The lowest BCUT2D eigenvalue weighted by molar-refractivity contribution is 1.05. The first-order chi connectivity index (χ1) is 7.36. The fraction of sp³-hybridized carbons (Fsp3) is 0.0833. The molecule has 3 rings (SSSR count). The predicted molar refractivity (Wildman–Crippen MR) is 59.6 cm³/mol. The third-order valence-electron chi connectivity index (χ3n) is 2.60. The van der Waals surface area contributed by atoms with Gasteiger partial charge in [-0.25, -0.2) is 0 Å². The largest absolute Gasteiger partial charge is 0.252 e. The molecule has 0 radical (unpaired) electrons. The van der Waals surface area contributed by atoms with Crippen LogP contribution in [0.4, 0.5) is 0 Å². The lowest BCUT2D eigenvalue weighted by atomic mass is 10.1. The van der Waals surface area contributed by atoms with Gasteiger partial charge >= 0.3 is 0 Å². The average molecular weight is 195 g/mol. The van der Waals surface area contributed by atoms with Gasteiger partial charge in [0.25, 0.3) is 0 Å². The van der Waals surface area contributed by atoms with Gasteiger partial charge in [-0.3, -0.25) is 4.98 Å². The molecule has 0 spiro atoms. The highest BCUT2D eigenvalue weighted by Crippen LogP contribution is 2.23. The van der Waals surface area contributed by atoms with Crippen LogP contribution in [-0.2, 0) is 0 Å². The summed E-state index contributed by atoms with van der Waals surface area (Å²) in [5, 5.41) is 11.1. The van der Waals surface area contributed by atoms with Crippen molar-refractivity contribution in [3.05, 3.63) is 42.4 Å². The zero-order valence-electron chi connectivity index (χ0n) is 8.31. The lowest BCUT2D eigenvalue weighted by Crippen LogP contribution is -1.89. The third-order valence-corrected chi connectivity index (χ3v) is 2.60. The fourth-order valence-corrected chi connectivity index (χ4v) is 1.86. The minimum atomic E-state index is 0.999. The molecule has 0 aliphatic rings. The summed E-state index contributed by atoms with van der Waals surface area (Å²) in [7, 11) is 0. The smallest absolute Gasteiger partial charge is 0.0712 e. The van der Waals surface area contributed by atoms with Crippen molar-refractivity contribution >= 4 is 21.7 Å². The molecule has 0 aliphatic heterocycles. The van der Waals surface area contributed by atoms with Crippen molar-refractivity contribution in [1.82, 2.24) is 15.2 Å². The molecule has 0 saturated heterocycles. The summed E-state index contributed by atoms with van der Waals surface area (Å²) < 4.78 is 0. The molecule has 3 heteroatoms. The van der Waals surface area contributed by atoms with Crippen molar-refractivity contribution in [2.24, 2.45) is 0 Å². The van der Waals surface area contributed by atoms with Crippen LogP contribution in [0, 0.1) is 6.92 Å². The zero-order chi connectivity index (χ0) is 10.3. The van der Waals surface area contributed by atoms with Crippen LogP contribution in [0.1, 0.15) is 5.69 Å². The normalized spacial score (nSPS) is 11.0. The van der Waals surface area contributed by atoms with Crippen LogP contribution >= 0.6 is 0 Å². The van der Waals surface area contributed by atoms with Gasteiger partial charge in [0.2, 0.25) is 0 Å². The standard InChI is InChI=1S/C12H9N3/c1-8-10-6-13-14-7-11(10)9-4-2-3-5-12(9)15-8/h2-7H,1H3. The number of para-hydroxylation sites is 1. The number of hydrogen-bond donors (Lipinski definition) is 0. The molecular weight excluding hydrogens is 186 g/mol. The molecule has 2 heterocycles. The van der Waals surface area contributed by atoms with Gasteiger partial charge in [0.05, 0.1) is 17.9 Å². The summed E-state index contributed by atoms with van der Waals surface area (Å²) in [6.45, 7) is 2.00. The van der Waals surface area contributed by atoms with Crippen LogP contribution in [0.25, 0.3) is 21.7 Å². The molecule has 0 atom stereocenters. The highest BCUT2D eigenvalue weighted by molar-refractivity contribution is 6.05. The molecule has 0 N–H and O–H groups in total. The van der Waals surface area contributed by atoms with Gasteiger partial charge in [0.1, 0.15) is 0 Å². The highest BCUT2D eigenvalue weighted by Gasteiger charge is 2.04. The van der Waals surface area contributed by atoms with E-state index in [1.165, 1.54) is 0 Å². The summed E-state index contributed by atoms with van der Waals surface area (Å²) in [5.41, 5.74) is 2.01. The van der Waals surface area contributed by atoms with E-state index in [9.17, 15) is 0 Å². The Bertz CT molecular complexity index is 646. The molecule has 0 fully saturated rings. The van der Waals surface area contributed by atoms with Gasteiger partial charge < -0.3 is 0 Å². The number of rotatable bonds is 0.